The quantitative estimate of drug-likeness (QED) is 0.287. The Balaban J connectivity index is 1.19. The molecular weight excluding hydrogens is 494 g/mol. The molecule has 0 unspecified atom stereocenters. The van der Waals surface area contributed by atoms with Crippen LogP contribution in [0.25, 0.3) is 0 Å². The monoisotopic (exact) mass is 543 g/mol. The topological polar surface area (TPSA) is 130 Å². The number of phenols is 2. The van der Waals surface area contributed by atoms with E-state index in [1.54, 1.807) is 6.07 Å². The second kappa shape index (κ2) is 10.9. The Hall–Kier alpha value is -1.83. The van der Waals surface area contributed by atoms with Crippen molar-refractivity contribution in [3.63, 3.8) is 0 Å². The first-order valence-electron chi connectivity index (χ1n) is 15.3. The molecule has 7 nitrogen and oxygen atoms in total. The number of fused-ring (bicyclic) bond motifs is 5. The van der Waals surface area contributed by atoms with Gasteiger partial charge >= 0.3 is 0 Å². The second-order valence-corrected chi connectivity index (χ2v) is 14.0. The molecule has 0 aromatic heterocycles. The lowest BCUT2D eigenvalue weighted by molar-refractivity contribution is -0.207. The molecule has 0 saturated heterocycles. The van der Waals surface area contributed by atoms with Crippen molar-refractivity contribution in [2.24, 2.45) is 46.3 Å². The molecule has 4 fully saturated rings. The van der Waals surface area contributed by atoms with Crippen LogP contribution in [0.5, 0.6) is 11.5 Å². The van der Waals surface area contributed by atoms with Crippen molar-refractivity contribution in [1.82, 2.24) is 5.32 Å². The summed E-state index contributed by atoms with van der Waals surface area (Å²) in [6.07, 6.45) is 6.85. The fraction of sp³-hybridized carbons (Fsp3) is 0.781. The molecule has 0 bridgehead atoms. The van der Waals surface area contributed by atoms with Crippen molar-refractivity contribution in [2.45, 2.75) is 103 Å². The fourth-order valence-corrected chi connectivity index (χ4v) is 9.85. The number of carbonyl (C=O) groups excluding carboxylic acids is 1. The lowest BCUT2D eigenvalue weighted by Crippen LogP contribution is -2.62. The Morgan fingerprint density at radius 2 is 1.79 bits per heavy atom. The standard InChI is InChI=1S/C32H49NO6/c1-18(4-9-29(39)33-13-11-19-5-8-25(35)26(36)14-19)22-6-7-23-30-24(17-28(38)32(22,23)3)31(2)12-10-21(34)15-20(31)16-27(30)37/h5,8,14,18,20-24,27-28,30,34-38H,4,6-7,9-13,15-17H2,1-3H3,(H,33,39)/t18-,20+,21-,22-,23+,24+,27-,28+,30+,31+,32-/m1/s1. The molecule has 0 radical (unpaired) electrons. The minimum atomic E-state index is -0.413. The van der Waals surface area contributed by atoms with E-state index in [4.69, 9.17) is 0 Å². The van der Waals surface area contributed by atoms with Crippen molar-refractivity contribution in [2.75, 3.05) is 6.54 Å². The molecule has 39 heavy (non-hydrogen) atoms. The third kappa shape index (κ3) is 5.08. The first kappa shape index (κ1) is 28.7. The maximum atomic E-state index is 12.6. The predicted octanol–water partition coefficient (Wildman–Crippen LogP) is 4.13. The molecule has 5 rings (SSSR count). The van der Waals surface area contributed by atoms with Gasteiger partial charge in [0.15, 0.2) is 11.5 Å². The van der Waals surface area contributed by atoms with E-state index in [-0.39, 0.29) is 52.3 Å². The van der Waals surface area contributed by atoms with Crippen LogP contribution in [0, 0.1) is 46.3 Å². The zero-order valence-electron chi connectivity index (χ0n) is 23.9. The number of aliphatic hydroxyl groups excluding tert-OH is 3. The lowest BCUT2D eigenvalue weighted by Gasteiger charge is -2.63. The van der Waals surface area contributed by atoms with Crippen molar-refractivity contribution >= 4 is 5.91 Å². The van der Waals surface area contributed by atoms with Crippen molar-refractivity contribution in [1.29, 1.82) is 0 Å². The number of hydrogen-bond acceptors (Lipinski definition) is 6. The van der Waals surface area contributed by atoms with E-state index in [0.29, 0.717) is 43.1 Å². The number of amides is 1. The maximum absolute atomic E-state index is 12.6. The van der Waals surface area contributed by atoms with Crippen LogP contribution >= 0.6 is 0 Å². The Morgan fingerprint density at radius 1 is 1.03 bits per heavy atom. The largest absolute Gasteiger partial charge is 0.504 e. The number of benzene rings is 1. The molecule has 0 aliphatic heterocycles. The average molecular weight is 544 g/mol. The molecule has 0 heterocycles. The molecule has 1 aromatic rings. The number of hydrogen-bond donors (Lipinski definition) is 6. The van der Waals surface area contributed by atoms with Gasteiger partial charge in [-0.15, -0.1) is 0 Å². The van der Waals surface area contributed by atoms with E-state index in [1.807, 2.05) is 0 Å². The zero-order valence-corrected chi connectivity index (χ0v) is 23.9. The van der Waals surface area contributed by atoms with Gasteiger partial charge in [0.05, 0.1) is 18.3 Å². The summed E-state index contributed by atoms with van der Waals surface area (Å²) in [5, 5.41) is 55.6. The fourth-order valence-electron chi connectivity index (χ4n) is 9.85. The van der Waals surface area contributed by atoms with Crippen LogP contribution in [0.1, 0.15) is 84.1 Å². The van der Waals surface area contributed by atoms with E-state index in [1.165, 1.54) is 12.1 Å². The number of rotatable bonds is 7. The van der Waals surface area contributed by atoms with Gasteiger partial charge in [-0.05, 0) is 122 Å². The van der Waals surface area contributed by atoms with Crippen LogP contribution in [-0.2, 0) is 11.2 Å². The first-order chi connectivity index (χ1) is 18.4. The third-order valence-electron chi connectivity index (χ3n) is 12.1. The molecule has 4 saturated carbocycles. The first-order valence-corrected chi connectivity index (χ1v) is 15.3. The number of aliphatic hydroxyl groups is 3. The van der Waals surface area contributed by atoms with Crippen molar-refractivity contribution in [3.05, 3.63) is 23.8 Å². The number of carbonyl (C=O) groups is 1. The second-order valence-electron chi connectivity index (χ2n) is 14.0. The van der Waals surface area contributed by atoms with Gasteiger partial charge in [0.1, 0.15) is 0 Å². The van der Waals surface area contributed by atoms with E-state index in [9.17, 15) is 30.3 Å². The van der Waals surface area contributed by atoms with Gasteiger partial charge in [0, 0.05) is 13.0 Å². The summed E-state index contributed by atoms with van der Waals surface area (Å²) in [5.74, 6) is 1.42. The van der Waals surface area contributed by atoms with Gasteiger partial charge in [-0.3, -0.25) is 4.79 Å². The van der Waals surface area contributed by atoms with Crippen molar-refractivity contribution < 1.29 is 30.3 Å². The van der Waals surface area contributed by atoms with Gasteiger partial charge in [0.2, 0.25) is 5.91 Å². The molecule has 7 heteroatoms. The lowest BCUT2D eigenvalue weighted by atomic mass is 9.43. The normalized spacial score (nSPS) is 42.2. The Kier molecular flexibility index (Phi) is 7.99. The molecular formula is C32H49NO6. The van der Waals surface area contributed by atoms with Gasteiger partial charge in [-0.2, -0.15) is 0 Å². The van der Waals surface area contributed by atoms with Crippen LogP contribution in [0.3, 0.4) is 0 Å². The van der Waals surface area contributed by atoms with Gasteiger partial charge < -0.3 is 30.8 Å². The van der Waals surface area contributed by atoms with Crippen molar-refractivity contribution in [3.8, 4) is 11.5 Å². The molecule has 0 spiro atoms. The molecule has 1 amide bonds. The van der Waals surface area contributed by atoms with E-state index >= 15 is 0 Å². The van der Waals surface area contributed by atoms with Gasteiger partial charge in [-0.25, -0.2) is 0 Å². The zero-order chi connectivity index (χ0) is 28.1. The minimum absolute atomic E-state index is 0.00922. The van der Waals surface area contributed by atoms with Crippen LogP contribution in [0.4, 0.5) is 0 Å². The molecule has 1 aromatic carbocycles. The highest BCUT2D eigenvalue weighted by Crippen LogP contribution is 2.68. The SMILES string of the molecule is C[C@H](CCC(=O)NCCc1ccc(O)c(O)c1)[C@H]1CC[C@H]2[C@@H]3[C@H](O)C[C@@H]4C[C@H](O)CC[C@]4(C)[C@H]3C[C@H](O)[C@]12C. The van der Waals surface area contributed by atoms with Gasteiger partial charge in [0.25, 0.3) is 0 Å². The predicted molar refractivity (Wildman–Crippen MR) is 149 cm³/mol. The Morgan fingerprint density at radius 3 is 2.54 bits per heavy atom. The Bertz CT molecular complexity index is 1050. The molecule has 218 valence electrons. The molecule has 4 aliphatic rings. The highest BCUT2D eigenvalue weighted by atomic mass is 16.3. The summed E-state index contributed by atoms with van der Waals surface area (Å²) in [7, 11) is 0. The highest BCUT2D eigenvalue weighted by molar-refractivity contribution is 5.75. The summed E-state index contributed by atoms with van der Waals surface area (Å²) in [5.41, 5.74) is 0.672. The van der Waals surface area contributed by atoms with E-state index < -0.39 is 6.10 Å². The number of nitrogens with one attached hydrogen (secondary N) is 1. The minimum Gasteiger partial charge on any atom is -0.504 e. The smallest absolute Gasteiger partial charge is 0.220 e. The van der Waals surface area contributed by atoms with Gasteiger partial charge in [-0.1, -0.05) is 26.8 Å². The summed E-state index contributed by atoms with van der Waals surface area (Å²) >= 11 is 0. The molecule has 4 aliphatic carbocycles. The summed E-state index contributed by atoms with van der Waals surface area (Å²) in [6.45, 7) is 7.31. The molecule has 6 N–H and O–H groups in total. The maximum Gasteiger partial charge on any atom is 0.220 e. The third-order valence-corrected chi connectivity index (χ3v) is 12.1. The summed E-state index contributed by atoms with van der Waals surface area (Å²) in [4.78, 5) is 12.6. The van der Waals surface area contributed by atoms with Crippen LogP contribution in [0.2, 0.25) is 0 Å². The highest BCUT2D eigenvalue weighted by Gasteiger charge is 2.65. The molecule has 11 atom stereocenters. The van der Waals surface area contributed by atoms with Crippen LogP contribution in [0.15, 0.2) is 18.2 Å². The number of phenolic OH excluding ortho intramolecular Hbond substituents is 2. The van der Waals surface area contributed by atoms with Crippen LogP contribution < -0.4 is 5.32 Å². The average Bonchev–Trinajstić information content (AvgIpc) is 3.25. The van der Waals surface area contributed by atoms with E-state index in [2.05, 4.69) is 26.1 Å². The van der Waals surface area contributed by atoms with E-state index in [0.717, 1.165) is 56.9 Å². The summed E-state index contributed by atoms with van der Waals surface area (Å²) in [6, 6.07) is 4.71. The van der Waals surface area contributed by atoms with Crippen LogP contribution in [-0.4, -0.2) is 56.3 Å². The summed E-state index contributed by atoms with van der Waals surface area (Å²) < 4.78 is 0. The Labute approximate surface area is 233 Å². The number of aromatic hydroxyl groups is 2.